The van der Waals surface area contributed by atoms with Crippen LogP contribution in [0, 0.1) is 0 Å². The van der Waals surface area contributed by atoms with Crippen LogP contribution in [-0.2, 0) is 6.42 Å². The van der Waals surface area contributed by atoms with E-state index in [1.54, 1.807) is 0 Å². The second-order valence-electron chi connectivity index (χ2n) is 9.76. The molecule has 0 saturated heterocycles. The summed E-state index contributed by atoms with van der Waals surface area (Å²) < 4.78 is 12.5. The maximum atomic E-state index is 6.30. The third-order valence-corrected chi connectivity index (χ3v) is 4.94. The van der Waals surface area contributed by atoms with Gasteiger partial charge in [0.05, 0.1) is 0 Å². The molecule has 0 fully saturated rings. The minimum Gasteiger partial charge on any atom is -0.484 e. The van der Waals surface area contributed by atoms with Crippen LogP contribution in [0.25, 0.3) is 22.3 Å². The van der Waals surface area contributed by atoms with Crippen LogP contribution >= 0.6 is 0 Å². The van der Waals surface area contributed by atoms with E-state index in [1.807, 2.05) is 6.07 Å². The molecule has 0 amide bonds. The lowest BCUT2D eigenvalue weighted by molar-refractivity contribution is 0.0958. The van der Waals surface area contributed by atoms with Crippen LogP contribution in [0.5, 0.6) is 11.5 Å². The molecule has 0 radical (unpaired) electrons. The first-order chi connectivity index (χ1) is 13.6. The quantitative estimate of drug-likeness (QED) is 0.368. The Bertz CT molecular complexity index is 1050. The molecular formula is C27H30O2. The lowest BCUT2D eigenvalue weighted by atomic mass is 9.95. The van der Waals surface area contributed by atoms with Crippen LogP contribution in [0.1, 0.15) is 52.7 Å². The van der Waals surface area contributed by atoms with Crippen molar-refractivity contribution in [2.75, 3.05) is 0 Å². The predicted molar refractivity (Wildman–Crippen MR) is 121 cm³/mol. The number of rotatable bonds is 3. The highest BCUT2D eigenvalue weighted by Gasteiger charge is 2.24. The normalized spacial score (nSPS) is 13.0. The summed E-state index contributed by atoms with van der Waals surface area (Å²) in [6.45, 7) is 12.4. The molecule has 0 unspecified atom stereocenters. The lowest BCUT2D eigenvalue weighted by Crippen LogP contribution is -2.26. The van der Waals surface area contributed by atoms with Crippen molar-refractivity contribution in [2.45, 2.75) is 59.2 Å². The average Bonchev–Trinajstić information content (AvgIpc) is 2.99. The summed E-state index contributed by atoms with van der Waals surface area (Å²) in [5, 5.41) is 0. The van der Waals surface area contributed by atoms with Gasteiger partial charge in [-0.3, -0.25) is 0 Å². The molecule has 3 aromatic carbocycles. The van der Waals surface area contributed by atoms with Gasteiger partial charge in [-0.2, -0.15) is 0 Å². The molecule has 150 valence electrons. The number of hydrogen-bond donors (Lipinski definition) is 0. The summed E-state index contributed by atoms with van der Waals surface area (Å²) in [6.07, 6.45) is 0.970. The first-order valence-corrected chi connectivity index (χ1v) is 10.3. The zero-order valence-electron chi connectivity index (χ0n) is 18.3. The summed E-state index contributed by atoms with van der Waals surface area (Å²) in [5.41, 5.74) is 7.31. The first kappa shape index (κ1) is 19.6. The van der Waals surface area contributed by atoms with E-state index in [1.165, 1.54) is 27.8 Å². The summed E-state index contributed by atoms with van der Waals surface area (Å²) in [6, 6.07) is 21.6. The second kappa shape index (κ2) is 6.95. The van der Waals surface area contributed by atoms with Crippen LogP contribution in [0.3, 0.4) is 0 Å². The van der Waals surface area contributed by atoms with Gasteiger partial charge in [-0.25, -0.2) is 0 Å². The molecule has 1 aliphatic rings. The molecule has 0 aromatic heterocycles. The Kier molecular flexibility index (Phi) is 4.69. The maximum Gasteiger partial charge on any atom is 0.162 e. The lowest BCUT2D eigenvalue weighted by Gasteiger charge is -2.27. The van der Waals surface area contributed by atoms with Crippen LogP contribution in [-0.4, -0.2) is 11.2 Å². The summed E-state index contributed by atoms with van der Waals surface area (Å²) >= 11 is 0. The van der Waals surface area contributed by atoms with Gasteiger partial charge in [-0.1, -0.05) is 48.5 Å². The summed E-state index contributed by atoms with van der Waals surface area (Å²) in [5.74, 6) is 1.57. The van der Waals surface area contributed by atoms with Gasteiger partial charge in [0.15, 0.2) is 11.5 Å². The molecule has 1 aliphatic carbocycles. The number of benzene rings is 3. The van der Waals surface area contributed by atoms with E-state index >= 15 is 0 Å². The largest absolute Gasteiger partial charge is 0.484 e. The molecule has 2 heteroatoms. The molecule has 0 aliphatic heterocycles. The summed E-state index contributed by atoms with van der Waals surface area (Å²) in [4.78, 5) is 0. The van der Waals surface area contributed by atoms with Gasteiger partial charge in [0, 0.05) is 0 Å². The Hall–Kier alpha value is -2.74. The fourth-order valence-electron chi connectivity index (χ4n) is 3.93. The Morgan fingerprint density at radius 3 is 1.97 bits per heavy atom. The average molecular weight is 387 g/mol. The molecule has 4 rings (SSSR count). The number of hydrogen-bond acceptors (Lipinski definition) is 2. The van der Waals surface area contributed by atoms with E-state index in [9.17, 15) is 0 Å². The highest BCUT2D eigenvalue weighted by atomic mass is 16.5. The van der Waals surface area contributed by atoms with Crippen LogP contribution in [0.2, 0.25) is 0 Å². The topological polar surface area (TPSA) is 18.5 Å². The van der Waals surface area contributed by atoms with Crippen molar-refractivity contribution in [3.8, 4) is 33.8 Å². The third-order valence-electron chi connectivity index (χ3n) is 4.94. The standard InChI is InChI=1S/C27H30O2/c1-26(2,3)28-24-15-14-19(17-25(24)29-27(4,5)6)21-12-9-13-22-20-11-8-7-10-18(20)16-23(21)22/h7-15,17H,16H2,1-6H3. The van der Waals surface area contributed by atoms with E-state index in [0.717, 1.165) is 23.5 Å². The highest BCUT2D eigenvalue weighted by molar-refractivity contribution is 5.85. The van der Waals surface area contributed by atoms with Crippen LogP contribution in [0.4, 0.5) is 0 Å². The first-order valence-electron chi connectivity index (χ1n) is 10.3. The van der Waals surface area contributed by atoms with Gasteiger partial charge in [0.2, 0.25) is 0 Å². The molecule has 3 aromatic rings. The highest BCUT2D eigenvalue weighted by Crippen LogP contribution is 2.43. The molecular weight excluding hydrogens is 356 g/mol. The van der Waals surface area contributed by atoms with Crippen molar-refractivity contribution < 1.29 is 9.47 Å². The van der Waals surface area contributed by atoms with Crippen molar-refractivity contribution >= 4 is 0 Å². The van der Waals surface area contributed by atoms with E-state index < -0.39 is 0 Å². The van der Waals surface area contributed by atoms with Crippen molar-refractivity contribution in [1.82, 2.24) is 0 Å². The SMILES string of the molecule is CC(C)(C)Oc1ccc(-c2cccc3c2Cc2ccccc2-3)cc1OC(C)(C)C. The van der Waals surface area contributed by atoms with Crippen LogP contribution in [0.15, 0.2) is 60.7 Å². The second-order valence-corrected chi connectivity index (χ2v) is 9.76. The Morgan fingerprint density at radius 1 is 0.621 bits per heavy atom. The molecule has 29 heavy (non-hydrogen) atoms. The molecule has 0 N–H and O–H groups in total. The Morgan fingerprint density at radius 2 is 1.24 bits per heavy atom. The molecule has 0 bridgehead atoms. The fourth-order valence-corrected chi connectivity index (χ4v) is 3.93. The molecule has 0 heterocycles. The predicted octanol–water partition coefficient (Wildman–Crippen LogP) is 7.28. The van der Waals surface area contributed by atoms with Crippen molar-refractivity contribution in [3.05, 3.63) is 71.8 Å². The van der Waals surface area contributed by atoms with Gasteiger partial charge < -0.3 is 9.47 Å². The smallest absolute Gasteiger partial charge is 0.162 e. The van der Waals surface area contributed by atoms with Gasteiger partial charge in [0.1, 0.15) is 11.2 Å². The van der Waals surface area contributed by atoms with Crippen LogP contribution < -0.4 is 9.47 Å². The van der Waals surface area contributed by atoms with Crippen molar-refractivity contribution in [2.24, 2.45) is 0 Å². The number of fused-ring (bicyclic) bond motifs is 3. The minimum atomic E-state index is -0.302. The van der Waals surface area contributed by atoms with Gasteiger partial charge in [-0.15, -0.1) is 0 Å². The zero-order valence-corrected chi connectivity index (χ0v) is 18.3. The van der Waals surface area contributed by atoms with Gasteiger partial charge in [0.25, 0.3) is 0 Å². The summed E-state index contributed by atoms with van der Waals surface area (Å²) in [7, 11) is 0. The van der Waals surface area contributed by atoms with Crippen molar-refractivity contribution in [3.63, 3.8) is 0 Å². The Labute approximate surface area is 174 Å². The fraction of sp³-hybridized carbons (Fsp3) is 0.333. The van der Waals surface area contributed by atoms with E-state index in [2.05, 4.69) is 96.1 Å². The monoisotopic (exact) mass is 386 g/mol. The van der Waals surface area contributed by atoms with Crippen molar-refractivity contribution in [1.29, 1.82) is 0 Å². The maximum absolute atomic E-state index is 6.30. The van der Waals surface area contributed by atoms with E-state index in [0.29, 0.717) is 0 Å². The molecule has 0 atom stereocenters. The minimum absolute atomic E-state index is 0.285. The molecule has 0 saturated carbocycles. The molecule has 2 nitrogen and oxygen atoms in total. The van der Waals surface area contributed by atoms with E-state index in [-0.39, 0.29) is 11.2 Å². The molecule has 0 spiro atoms. The van der Waals surface area contributed by atoms with Gasteiger partial charge in [-0.05, 0) is 93.5 Å². The Balaban J connectivity index is 1.80. The zero-order chi connectivity index (χ0) is 20.8. The van der Waals surface area contributed by atoms with Gasteiger partial charge >= 0.3 is 0 Å². The van der Waals surface area contributed by atoms with E-state index in [4.69, 9.17) is 9.47 Å². The third kappa shape index (κ3) is 4.17. The number of ether oxygens (including phenoxy) is 2.